The molecular formula is C5H9N3O. The van der Waals surface area contributed by atoms with E-state index in [-0.39, 0.29) is 5.56 Å². The van der Waals surface area contributed by atoms with Crippen LogP contribution < -0.4 is 11.0 Å². The number of nitrogens with one attached hydrogen (secondary N) is 2. The molecule has 4 heteroatoms. The highest BCUT2D eigenvalue weighted by atomic mass is 16.1. The van der Waals surface area contributed by atoms with Crippen LogP contribution in [0.4, 0.5) is 0 Å². The Morgan fingerprint density at radius 1 is 1.89 bits per heavy atom. The quantitative estimate of drug-likeness (QED) is 0.575. The van der Waals surface area contributed by atoms with E-state index in [4.69, 9.17) is 0 Å². The summed E-state index contributed by atoms with van der Waals surface area (Å²) in [5.41, 5.74) is 2.75. The zero-order chi connectivity index (χ0) is 6.69. The van der Waals surface area contributed by atoms with Crippen LogP contribution >= 0.6 is 0 Å². The van der Waals surface area contributed by atoms with Crippen molar-refractivity contribution in [1.82, 2.24) is 9.89 Å². The Kier molecular flexibility index (Phi) is 1.58. The van der Waals surface area contributed by atoms with E-state index in [1.807, 2.05) is 6.92 Å². The first-order chi connectivity index (χ1) is 4.34. The zero-order valence-corrected chi connectivity index (χ0v) is 5.22. The topological polar surface area (TPSA) is 49.8 Å². The molecule has 0 aliphatic carbocycles. The van der Waals surface area contributed by atoms with Crippen molar-refractivity contribution in [2.45, 2.75) is 6.92 Å². The molecule has 0 fully saturated rings. The summed E-state index contributed by atoms with van der Waals surface area (Å²) in [4.78, 5) is 12.0. The fourth-order valence-electron chi connectivity index (χ4n) is 0.603. The van der Waals surface area contributed by atoms with Gasteiger partial charge in [-0.1, -0.05) is 0 Å². The van der Waals surface area contributed by atoms with Crippen molar-refractivity contribution in [3.63, 3.8) is 0 Å². The molecule has 2 N–H and O–H groups in total. The number of H-pyrrole nitrogens is 1. The largest absolute Gasteiger partial charge is 0.308 e. The standard InChI is InChI=1S/C5H9N3O/c1-2-6-8-5(9)3-4-7-8/h3-4,6-7H,2H2,1H3. The first kappa shape index (κ1) is 5.94. The van der Waals surface area contributed by atoms with Crippen LogP contribution in [0.5, 0.6) is 0 Å². The van der Waals surface area contributed by atoms with Gasteiger partial charge in [0.15, 0.2) is 0 Å². The second-order valence-corrected chi connectivity index (χ2v) is 1.65. The van der Waals surface area contributed by atoms with Crippen LogP contribution in [0, 0.1) is 0 Å². The minimum Gasteiger partial charge on any atom is -0.308 e. The lowest BCUT2D eigenvalue weighted by molar-refractivity contribution is 0.723. The van der Waals surface area contributed by atoms with E-state index in [0.717, 1.165) is 6.54 Å². The molecule has 9 heavy (non-hydrogen) atoms. The van der Waals surface area contributed by atoms with E-state index in [1.165, 1.54) is 10.9 Å². The lowest BCUT2D eigenvalue weighted by Crippen LogP contribution is -2.26. The Morgan fingerprint density at radius 3 is 3.11 bits per heavy atom. The molecule has 0 bridgehead atoms. The van der Waals surface area contributed by atoms with E-state index in [9.17, 15) is 4.79 Å². The second-order valence-electron chi connectivity index (χ2n) is 1.65. The van der Waals surface area contributed by atoms with Gasteiger partial charge in [0, 0.05) is 18.8 Å². The predicted octanol–water partition coefficient (Wildman–Crippen LogP) is -0.260. The Balaban J connectivity index is 2.81. The van der Waals surface area contributed by atoms with Gasteiger partial charge in [0.1, 0.15) is 0 Å². The zero-order valence-electron chi connectivity index (χ0n) is 5.22. The second kappa shape index (κ2) is 2.39. The van der Waals surface area contributed by atoms with Gasteiger partial charge in [-0.25, -0.2) is 0 Å². The van der Waals surface area contributed by atoms with Gasteiger partial charge in [-0.3, -0.25) is 9.89 Å². The summed E-state index contributed by atoms with van der Waals surface area (Å²) in [6.07, 6.45) is 1.59. The van der Waals surface area contributed by atoms with Crippen molar-refractivity contribution in [3.05, 3.63) is 22.6 Å². The predicted molar refractivity (Wildman–Crippen MR) is 35.0 cm³/mol. The normalized spacial score (nSPS) is 9.44. The smallest absolute Gasteiger partial charge is 0.285 e. The molecule has 1 aromatic heterocycles. The number of aromatic nitrogens is 2. The monoisotopic (exact) mass is 127 g/mol. The van der Waals surface area contributed by atoms with Crippen LogP contribution in [0.25, 0.3) is 0 Å². The average Bonchev–Trinajstić information content (AvgIpc) is 2.18. The maximum atomic E-state index is 10.7. The van der Waals surface area contributed by atoms with Gasteiger partial charge in [-0.05, 0) is 6.92 Å². The van der Waals surface area contributed by atoms with E-state index in [1.54, 1.807) is 6.20 Å². The molecule has 50 valence electrons. The van der Waals surface area contributed by atoms with Gasteiger partial charge in [0.2, 0.25) is 0 Å². The van der Waals surface area contributed by atoms with Crippen LogP contribution in [0.15, 0.2) is 17.1 Å². The average molecular weight is 127 g/mol. The number of hydrogen-bond acceptors (Lipinski definition) is 2. The third-order valence-corrected chi connectivity index (χ3v) is 0.966. The van der Waals surface area contributed by atoms with Gasteiger partial charge in [-0.15, -0.1) is 0 Å². The molecule has 0 unspecified atom stereocenters. The van der Waals surface area contributed by atoms with Crippen molar-refractivity contribution in [3.8, 4) is 0 Å². The summed E-state index contributed by atoms with van der Waals surface area (Å²) in [5.74, 6) is 0. The van der Waals surface area contributed by atoms with Gasteiger partial charge in [0.25, 0.3) is 5.56 Å². The van der Waals surface area contributed by atoms with E-state index in [2.05, 4.69) is 10.5 Å². The summed E-state index contributed by atoms with van der Waals surface area (Å²) < 4.78 is 0. The molecule has 0 saturated carbocycles. The van der Waals surface area contributed by atoms with Crippen molar-refractivity contribution in [2.75, 3.05) is 12.0 Å². The summed E-state index contributed by atoms with van der Waals surface area (Å²) in [6, 6.07) is 1.46. The minimum absolute atomic E-state index is 0.0585. The highest BCUT2D eigenvalue weighted by molar-refractivity contribution is 4.82. The fourth-order valence-corrected chi connectivity index (χ4v) is 0.603. The molecule has 0 saturated heterocycles. The molecule has 0 radical (unpaired) electrons. The number of rotatable bonds is 2. The molecule has 0 amide bonds. The Bertz CT molecular complexity index is 224. The van der Waals surface area contributed by atoms with Gasteiger partial charge < -0.3 is 5.43 Å². The SMILES string of the molecule is CCNn1[nH]ccc1=O. The molecule has 0 aliphatic rings. The number of aromatic amines is 1. The van der Waals surface area contributed by atoms with Crippen LogP contribution in [0.3, 0.4) is 0 Å². The molecule has 4 nitrogen and oxygen atoms in total. The maximum Gasteiger partial charge on any atom is 0.285 e. The van der Waals surface area contributed by atoms with Gasteiger partial charge >= 0.3 is 0 Å². The van der Waals surface area contributed by atoms with E-state index < -0.39 is 0 Å². The lowest BCUT2D eigenvalue weighted by atomic mass is 10.7. The maximum absolute atomic E-state index is 10.7. The first-order valence-corrected chi connectivity index (χ1v) is 2.85. The van der Waals surface area contributed by atoms with Crippen LogP contribution in [0.2, 0.25) is 0 Å². The highest BCUT2D eigenvalue weighted by Gasteiger charge is 1.88. The van der Waals surface area contributed by atoms with Gasteiger partial charge in [0.05, 0.1) is 0 Å². The summed E-state index contributed by atoms with van der Waals surface area (Å²) in [6.45, 7) is 2.66. The van der Waals surface area contributed by atoms with Gasteiger partial charge in [-0.2, -0.15) is 4.79 Å². The van der Waals surface area contributed by atoms with Crippen molar-refractivity contribution in [2.24, 2.45) is 0 Å². The van der Waals surface area contributed by atoms with Crippen LogP contribution in [-0.4, -0.2) is 16.4 Å². The Morgan fingerprint density at radius 2 is 2.67 bits per heavy atom. The molecule has 0 atom stereocenters. The summed E-state index contributed by atoms with van der Waals surface area (Å²) in [5, 5.41) is 2.70. The highest BCUT2D eigenvalue weighted by Crippen LogP contribution is 1.66. The molecule has 1 rings (SSSR count). The van der Waals surface area contributed by atoms with Crippen molar-refractivity contribution in [1.29, 1.82) is 0 Å². The third kappa shape index (κ3) is 1.13. The van der Waals surface area contributed by atoms with E-state index in [0.29, 0.717) is 0 Å². The minimum atomic E-state index is -0.0585. The molecular weight excluding hydrogens is 118 g/mol. The molecule has 0 aromatic carbocycles. The summed E-state index contributed by atoms with van der Waals surface area (Å²) in [7, 11) is 0. The van der Waals surface area contributed by atoms with Crippen LogP contribution in [-0.2, 0) is 0 Å². The lowest BCUT2D eigenvalue weighted by Gasteiger charge is -1.99. The molecule has 1 heterocycles. The summed E-state index contributed by atoms with van der Waals surface area (Å²) >= 11 is 0. The van der Waals surface area contributed by atoms with Crippen molar-refractivity contribution < 1.29 is 0 Å². The third-order valence-electron chi connectivity index (χ3n) is 0.966. The molecule has 1 aromatic rings. The molecule has 0 spiro atoms. The Hall–Kier alpha value is -1.19. The molecule has 0 aliphatic heterocycles. The van der Waals surface area contributed by atoms with Crippen LogP contribution in [0.1, 0.15) is 6.92 Å². The Labute approximate surface area is 52.5 Å². The number of hydrogen-bond donors (Lipinski definition) is 2. The first-order valence-electron chi connectivity index (χ1n) is 2.85. The van der Waals surface area contributed by atoms with E-state index >= 15 is 0 Å². The number of nitrogens with zero attached hydrogens (tertiary/aromatic N) is 1. The van der Waals surface area contributed by atoms with Crippen molar-refractivity contribution >= 4 is 0 Å². The fraction of sp³-hybridized carbons (Fsp3) is 0.400.